The number of aromatic nitrogens is 1. The van der Waals surface area contributed by atoms with Gasteiger partial charge in [-0.3, -0.25) is 0 Å². The first kappa shape index (κ1) is 17.2. The predicted molar refractivity (Wildman–Crippen MR) is 58.4 cm³/mol. The zero-order chi connectivity index (χ0) is 17.6. The molecule has 1 heterocycles. The van der Waals surface area contributed by atoms with Crippen molar-refractivity contribution in [3.8, 4) is 0 Å². The molecule has 0 N–H and O–H groups in total. The summed E-state index contributed by atoms with van der Waals surface area (Å²) in [6, 6.07) is 2.71. The molecular weight excluding hydrogens is 359 g/mol. The van der Waals surface area contributed by atoms with Crippen molar-refractivity contribution in [3.63, 3.8) is 0 Å². The van der Waals surface area contributed by atoms with Crippen molar-refractivity contribution >= 4 is 9.84 Å². The third-order valence-corrected chi connectivity index (χ3v) is 4.12. The van der Waals surface area contributed by atoms with Crippen LogP contribution in [0, 0.1) is 5.82 Å². The van der Waals surface area contributed by atoms with Gasteiger partial charge in [0, 0.05) is 0 Å². The maximum atomic E-state index is 13.0. The van der Waals surface area contributed by atoms with Crippen LogP contribution in [-0.2, 0) is 22.2 Å². The largest absolute Gasteiger partial charge is 0.468 e. The molecule has 126 valence electrons. The number of oxazole rings is 1. The van der Waals surface area contributed by atoms with Gasteiger partial charge >= 0.3 is 18.2 Å². The summed E-state index contributed by atoms with van der Waals surface area (Å²) in [5, 5.41) is -1.98. The van der Waals surface area contributed by atoms with Gasteiger partial charge in [-0.15, -0.1) is 0 Å². The van der Waals surface area contributed by atoms with Gasteiger partial charge in [0.25, 0.3) is 0 Å². The number of hydrogen-bond donors (Lipinski definition) is 0. The Balaban J connectivity index is 2.73. The molecule has 4 nitrogen and oxygen atoms in total. The molecule has 2 rings (SSSR count). The number of rotatable bonds is 2. The van der Waals surface area contributed by atoms with Crippen LogP contribution in [0.2, 0.25) is 0 Å². The second kappa shape index (κ2) is 5.22. The van der Waals surface area contributed by atoms with Crippen LogP contribution in [0.15, 0.2) is 38.6 Å². The first-order chi connectivity index (χ1) is 10.3. The van der Waals surface area contributed by atoms with Gasteiger partial charge < -0.3 is 4.42 Å². The number of nitrogens with zero attached hydrogens (tertiary/aromatic N) is 1. The van der Waals surface area contributed by atoms with Gasteiger partial charge in [0.05, 0.1) is 4.90 Å². The Morgan fingerprint density at radius 1 is 1.00 bits per heavy atom. The van der Waals surface area contributed by atoms with Gasteiger partial charge in [0.2, 0.25) is 20.6 Å². The molecular formula is C11H4F7NO3S. The molecule has 0 bridgehead atoms. The number of sulfone groups is 1. The van der Waals surface area contributed by atoms with E-state index in [2.05, 4.69) is 9.40 Å². The van der Waals surface area contributed by atoms with Crippen LogP contribution >= 0.6 is 0 Å². The molecule has 0 amide bonds. The molecule has 0 saturated heterocycles. The highest BCUT2D eigenvalue weighted by atomic mass is 32.2. The highest BCUT2D eigenvalue weighted by Gasteiger charge is 2.48. The van der Waals surface area contributed by atoms with Crippen molar-refractivity contribution in [3.05, 3.63) is 41.7 Å². The Bertz CT molecular complexity index is 836. The molecule has 23 heavy (non-hydrogen) atoms. The summed E-state index contributed by atoms with van der Waals surface area (Å²) in [6.07, 6.45) is -11.0. The second-order valence-electron chi connectivity index (χ2n) is 4.11. The summed E-state index contributed by atoms with van der Waals surface area (Å²) in [4.78, 5) is 1.41. The third-order valence-electron chi connectivity index (χ3n) is 2.46. The molecule has 0 spiro atoms. The van der Waals surface area contributed by atoms with Crippen molar-refractivity contribution in [1.29, 1.82) is 0 Å². The maximum absolute atomic E-state index is 13.0. The van der Waals surface area contributed by atoms with Crippen LogP contribution in [0.1, 0.15) is 11.7 Å². The predicted octanol–water partition coefficient (Wildman–Crippen LogP) is 3.68. The highest BCUT2D eigenvalue weighted by Crippen LogP contribution is 2.40. The molecule has 0 aliphatic rings. The molecule has 2 aromatic rings. The molecule has 0 saturated carbocycles. The lowest BCUT2D eigenvalue weighted by Crippen LogP contribution is -2.12. The fourth-order valence-corrected chi connectivity index (χ4v) is 2.89. The van der Waals surface area contributed by atoms with E-state index in [0.717, 1.165) is 12.1 Å². The molecule has 0 aliphatic carbocycles. The first-order valence-corrected chi connectivity index (χ1v) is 6.97. The van der Waals surface area contributed by atoms with E-state index in [0.29, 0.717) is 12.1 Å². The van der Waals surface area contributed by atoms with Crippen LogP contribution < -0.4 is 0 Å². The lowest BCUT2D eigenvalue weighted by atomic mass is 10.4. The van der Waals surface area contributed by atoms with Crippen LogP contribution in [0.5, 0.6) is 0 Å². The number of halogens is 7. The average Bonchev–Trinajstić information content (AvgIpc) is 2.84. The minimum absolute atomic E-state index is 0.345. The zero-order valence-electron chi connectivity index (χ0n) is 10.5. The quantitative estimate of drug-likeness (QED) is 0.764. The minimum atomic E-state index is -5.55. The minimum Gasteiger partial charge on any atom is -0.427 e. The van der Waals surface area contributed by atoms with Crippen molar-refractivity contribution < 1.29 is 43.6 Å². The summed E-state index contributed by atoms with van der Waals surface area (Å²) in [5.41, 5.74) is 0. The van der Waals surface area contributed by atoms with E-state index in [9.17, 15) is 39.2 Å². The van der Waals surface area contributed by atoms with Crippen molar-refractivity contribution in [2.75, 3.05) is 0 Å². The summed E-state index contributed by atoms with van der Waals surface area (Å²) in [7, 11) is -5.18. The van der Waals surface area contributed by atoms with E-state index >= 15 is 0 Å². The molecule has 1 aromatic heterocycles. The molecule has 12 heteroatoms. The number of hydrogen-bond acceptors (Lipinski definition) is 4. The fourth-order valence-electron chi connectivity index (χ4n) is 1.53. The van der Waals surface area contributed by atoms with Gasteiger partial charge in [-0.25, -0.2) is 12.8 Å². The Kier molecular flexibility index (Phi) is 3.91. The molecule has 0 atom stereocenters. The van der Waals surface area contributed by atoms with E-state index in [1.165, 1.54) is 0 Å². The second-order valence-corrected chi connectivity index (χ2v) is 5.97. The Morgan fingerprint density at radius 2 is 1.61 bits per heavy atom. The Hall–Kier alpha value is -2.11. The van der Waals surface area contributed by atoms with Crippen molar-refractivity contribution in [2.45, 2.75) is 22.3 Å². The van der Waals surface area contributed by atoms with Crippen LogP contribution in [0.3, 0.4) is 0 Å². The summed E-state index contributed by atoms with van der Waals surface area (Å²) >= 11 is 0. The summed E-state index contributed by atoms with van der Waals surface area (Å²) in [5.74, 6) is -5.92. The van der Waals surface area contributed by atoms with Crippen LogP contribution in [0.4, 0.5) is 30.7 Å². The SMILES string of the molecule is O=S(=O)(c1cccc(F)c1)c1nc(C(F)(F)F)oc1C(F)(F)F. The summed E-state index contributed by atoms with van der Waals surface area (Å²) in [6.45, 7) is 0. The first-order valence-electron chi connectivity index (χ1n) is 5.49. The number of benzene rings is 1. The average molecular weight is 363 g/mol. The van der Waals surface area contributed by atoms with Gasteiger partial charge in [-0.05, 0) is 18.2 Å². The smallest absolute Gasteiger partial charge is 0.427 e. The normalized spacial score (nSPS) is 13.3. The summed E-state index contributed by atoms with van der Waals surface area (Å²) < 4.78 is 116. The monoisotopic (exact) mass is 363 g/mol. The Labute approximate surface area is 123 Å². The van der Waals surface area contributed by atoms with Crippen molar-refractivity contribution in [2.24, 2.45) is 0 Å². The van der Waals surface area contributed by atoms with Gasteiger partial charge in [0.1, 0.15) is 5.82 Å². The van der Waals surface area contributed by atoms with E-state index in [1.807, 2.05) is 0 Å². The van der Waals surface area contributed by atoms with E-state index in [-0.39, 0.29) is 0 Å². The third kappa shape index (κ3) is 3.30. The topological polar surface area (TPSA) is 60.2 Å². The molecule has 0 radical (unpaired) electrons. The van der Waals surface area contributed by atoms with Gasteiger partial charge in [-0.2, -0.15) is 31.3 Å². The van der Waals surface area contributed by atoms with E-state index in [4.69, 9.17) is 0 Å². The lowest BCUT2D eigenvalue weighted by Gasteiger charge is -2.06. The molecule has 0 fully saturated rings. The molecule has 0 unspecified atom stereocenters. The Morgan fingerprint density at radius 3 is 2.09 bits per heavy atom. The maximum Gasteiger partial charge on any atom is 0.468 e. The van der Waals surface area contributed by atoms with Crippen LogP contribution in [0.25, 0.3) is 0 Å². The lowest BCUT2D eigenvalue weighted by molar-refractivity contribution is -0.173. The van der Waals surface area contributed by atoms with Crippen molar-refractivity contribution in [1.82, 2.24) is 4.98 Å². The van der Waals surface area contributed by atoms with E-state index < -0.39 is 49.6 Å². The molecule has 0 aliphatic heterocycles. The van der Waals surface area contributed by atoms with Crippen LogP contribution in [-0.4, -0.2) is 13.4 Å². The highest BCUT2D eigenvalue weighted by molar-refractivity contribution is 7.91. The molecule has 1 aromatic carbocycles. The standard InChI is InChI=1S/C11H4F7NO3S/c12-5-2-1-3-6(4-5)23(20,21)8-7(10(13,14)15)22-9(19-8)11(16,17)18/h1-4H. The zero-order valence-corrected chi connectivity index (χ0v) is 11.4. The van der Waals surface area contributed by atoms with E-state index in [1.54, 1.807) is 0 Å². The van der Waals surface area contributed by atoms with Gasteiger partial charge in [0.15, 0.2) is 0 Å². The number of alkyl halides is 6. The van der Waals surface area contributed by atoms with Gasteiger partial charge in [-0.1, -0.05) is 6.07 Å². The fraction of sp³-hybridized carbons (Fsp3) is 0.182.